The quantitative estimate of drug-likeness (QED) is 0.792. The van der Waals surface area contributed by atoms with Gasteiger partial charge in [-0.15, -0.1) is 0 Å². The molecule has 0 unspecified atom stereocenters. The molecule has 2 aromatic carbocycles. The molecule has 1 aromatic heterocycles. The lowest BCUT2D eigenvalue weighted by Crippen LogP contribution is -2.07. The van der Waals surface area contributed by atoms with E-state index in [2.05, 4.69) is 5.10 Å². The summed E-state index contributed by atoms with van der Waals surface area (Å²) in [7, 11) is 0. The van der Waals surface area contributed by atoms with Gasteiger partial charge in [0.25, 0.3) is 0 Å². The molecule has 0 aliphatic heterocycles. The Labute approximate surface area is 116 Å². The number of aromatic nitrogens is 2. The standard InChI is InChI=1S/C16H14FN3/c17-15-8-4-7-13(9-18)16(15)20-11-14(10-19-20)12-5-2-1-3-6-12/h1-8,10-11H,9,18H2. The van der Waals surface area contributed by atoms with Gasteiger partial charge in [0.15, 0.2) is 0 Å². The molecule has 0 amide bonds. The van der Waals surface area contributed by atoms with Crippen molar-refractivity contribution < 1.29 is 4.39 Å². The summed E-state index contributed by atoms with van der Waals surface area (Å²) in [4.78, 5) is 0. The zero-order chi connectivity index (χ0) is 13.9. The van der Waals surface area contributed by atoms with E-state index >= 15 is 0 Å². The Balaban J connectivity index is 2.07. The first-order chi connectivity index (χ1) is 9.79. The summed E-state index contributed by atoms with van der Waals surface area (Å²) in [5.74, 6) is -0.323. The molecule has 0 saturated heterocycles. The van der Waals surface area contributed by atoms with Crippen LogP contribution < -0.4 is 5.73 Å². The summed E-state index contributed by atoms with van der Waals surface area (Å²) < 4.78 is 15.6. The Morgan fingerprint density at radius 2 is 1.80 bits per heavy atom. The van der Waals surface area contributed by atoms with Crippen LogP contribution in [0.25, 0.3) is 16.8 Å². The molecule has 0 aliphatic rings. The van der Waals surface area contributed by atoms with Crippen LogP contribution in [0.4, 0.5) is 4.39 Å². The average molecular weight is 267 g/mol. The maximum atomic E-state index is 14.0. The summed E-state index contributed by atoms with van der Waals surface area (Å²) in [6.07, 6.45) is 3.54. The van der Waals surface area contributed by atoms with Crippen molar-refractivity contribution in [2.75, 3.05) is 0 Å². The Hall–Kier alpha value is -2.46. The van der Waals surface area contributed by atoms with Crippen LogP contribution in [0.1, 0.15) is 5.56 Å². The van der Waals surface area contributed by atoms with Gasteiger partial charge in [-0.3, -0.25) is 0 Å². The van der Waals surface area contributed by atoms with Crippen LogP contribution in [-0.4, -0.2) is 9.78 Å². The van der Waals surface area contributed by atoms with Crippen LogP contribution in [0.15, 0.2) is 60.9 Å². The largest absolute Gasteiger partial charge is 0.326 e. The molecule has 20 heavy (non-hydrogen) atoms. The van der Waals surface area contributed by atoms with Gasteiger partial charge in [0.05, 0.1) is 6.20 Å². The van der Waals surface area contributed by atoms with Crippen LogP contribution in [0.3, 0.4) is 0 Å². The molecule has 4 heteroatoms. The third kappa shape index (κ3) is 2.21. The Morgan fingerprint density at radius 1 is 1.00 bits per heavy atom. The summed E-state index contributed by atoms with van der Waals surface area (Å²) in [5.41, 5.74) is 8.80. The second-order valence-electron chi connectivity index (χ2n) is 4.49. The van der Waals surface area contributed by atoms with Gasteiger partial charge in [0.1, 0.15) is 11.5 Å². The summed E-state index contributed by atoms with van der Waals surface area (Å²) in [6, 6.07) is 14.7. The van der Waals surface area contributed by atoms with Crippen molar-refractivity contribution in [3.63, 3.8) is 0 Å². The topological polar surface area (TPSA) is 43.8 Å². The zero-order valence-corrected chi connectivity index (χ0v) is 10.8. The van der Waals surface area contributed by atoms with Crippen molar-refractivity contribution in [3.05, 3.63) is 72.3 Å². The number of nitrogens with two attached hydrogens (primary N) is 1. The van der Waals surface area contributed by atoms with Crippen LogP contribution in [0, 0.1) is 5.82 Å². The van der Waals surface area contributed by atoms with Gasteiger partial charge in [0, 0.05) is 18.3 Å². The minimum Gasteiger partial charge on any atom is -0.326 e. The van der Waals surface area contributed by atoms with E-state index < -0.39 is 0 Å². The second-order valence-corrected chi connectivity index (χ2v) is 4.49. The van der Waals surface area contributed by atoms with Gasteiger partial charge >= 0.3 is 0 Å². The normalized spacial score (nSPS) is 10.7. The number of benzene rings is 2. The molecule has 0 fully saturated rings. The van der Waals surface area contributed by atoms with Crippen molar-refractivity contribution in [1.29, 1.82) is 0 Å². The van der Waals surface area contributed by atoms with Crippen LogP contribution in [0.5, 0.6) is 0 Å². The zero-order valence-electron chi connectivity index (χ0n) is 10.8. The fourth-order valence-electron chi connectivity index (χ4n) is 2.21. The van der Waals surface area contributed by atoms with E-state index in [0.29, 0.717) is 5.69 Å². The molecule has 0 atom stereocenters. The fraction of sp³-hybridized carbons (Fsp3) is 0.0625. The van der Waals surface area contributed by atoms with Crippen molar-refractivity contribution in [1.82, 2.24) is 9.78 Å². The molecule has 3 rings (SSSR count). The first-order valence-electron chi connectivity index (χ1n) is 6.37. The summed E-state index contributed by atoms with van der Waals surface area (Å²) in [6.45, 7) is 0.271. The highest BCUT2D eigenvalue weighted by Gasteiger charge is 2.11. The molecule has 0 aliphatic carbocycles. The molecule has 0 radical (unpaired) electrons. The maximum Gasteiger partial charge on any atom is 0.149 e. The van der Waals surface area contributed by atoms with Gasteiger partial charge < -0.3 is 5.73 Å². The summed E-state index contributed by atoms with van der Waals surface area (Å²) >= 11 is 0. The molecule has 2 N–H and O–H groups in total. The van der Waals surface area contributed by atoms with E-state index in [0.717, 1.165) is 16.7 Å². The van der Waals surface area contributed by atoms with E-state index in [4.69, 9.17) is 5.73 Å². The minimum atomic E-state index is -0.323. The van der Waals surface area contributed by atoms with Crippen molar-refractivity contribution >= 4 is 0 Å². The number of hydrogen-bond acceptors (Lipinski definition) is 2. The molecular weight excluding hydrogens is 253 g/mol. The first-order valence-corrected chi connectivity index (χ1v) is 6.37. The van der Waals surface area contributed by atoms with Gasteiger partial charge in [-0.25, -0.2) is 9.07 Å². The monoisotopic (exact) mass is 267 g/mol. The molecule has 100 valence electrons. The molecule has 3 aromatic rings. The molecular formula is C16H14FN3. The lowest BCUT2D eigenvalue weighted by Gasteiger charge is -2.08. The predicted molar refractivity (Wildman–Crippen MR) is 76.8 cm³/mol. The lowest BCUT2D eigenvalue weighted by molar-refractivity contribution is 0.607. The van der Waals surface area contributed by atoms with Crippen molar-refractivity contribution in [2.24, 2.45) is 5.73 Å². The number of para-hydroxylation sites is 1. The van der Waals surface area contributed by atoms with E-state index in [1.165, 1.54) is 6.07 Å². The lowest BCUT2D eigenvalue weighted by atomic mass is 10.1. The van der Waals surface area contributed by atoms with E-state index in [1.54, 1.807) is 16.9 Å². The van der Waals surface area contributed by atoms with Gasteiger partial charge in [-0.1, -0.05) is 42.5 Å². The number of rotatable bonds is 3. The third-order valence-corrected chi connectivity index (χ3v) is 3.21. The van der Waals surface area contributed by atoms with Gasteiger partial charge in [-0.05, 0) is 17.2 Å². The highest BCUT2D eigenvalue weighted by Crippen LogP contribution is 2.22. The van der Waals surface area contributed by atoms with E-state index in [1.807, 2.05) is 42.6 Å². The maximum absolute atomic E-state index is 14.0. The third-order valence-electron chi connectivity index (χ3n) is 3.21. The Bertz CT molecular complexity index is 720. The Kier molecular flexibility index (Phi) is 3.31. The van der Waals surface area contributed by atoms with Crippen LogP contribution in [-0.2, 0) is 6.54 Å². The fourth-order valence-corrected chi connectivity index (χ4v) is 2.21. The van der Waals surface area contributed by atoms with Gasteiger partial charge in [0.2, 0.25) is 0 Å². The van der Waals surface area contributed by atoms with Crippen molar-refractivity contribution in [3.8, 4) is 16.8 Å². The molecule has 0 spiro atoms. The van der Waals surface area contributed by atoms with Crippen LogP contribution in [0.2, 0.25) is 0 Å². The van der Waals surface area contributed by atoms with Crippen molar-refractivity contribution in [2.45, 2.75) is 6.54 Å². The SMILES string of the molecule is NCc1cccc(F)c1-n1cc(-c2ccccc2)cn1. The number of halogens is 1. The van der Waals surface area contributed by atoms with Crippen LogP contribution >= 0.6 is 0 Å². The van der Waals surface area contributed by atoms with E-state index in [9.17, 15) is 4.39 Å². The Morgan fingerprint density at radius 3 is 2.55 bits per heavy atom. The number of nitrogens with zero attached hydrogens (tertiary/aromatic N) is 2. The smallest absolute Gasteiger partial charge is 0.149 e. The second kappa shape index (κ2) is 5.27. The molecule has 1 heterocycles. The summed E-state index contributed by atoms with van der Waals surface area (Å²) in [5, 5.41) is 4.25. The highest BCUT2D eigenvalue weighted by atomic mass is 19.1. The number of hydrogen-bond donors (Lipinski definition) is 1. The average Bonchev–Trinajstić information content (AvgIpc) is 2.97. The van der Waals surface area contributed by atoms with E-state index in [-0.39, 0.29) is 12.4 Å². The molecule has 0 bridgehead atoms. The highest BCUT2D eigenvalue weighted by molar-refractivity contribution is 5.62. The molecule has 0 saturated carbocycles. The first kappa shape index (κ1) is 12.6. The molecule has 3 nitrogen and oxygen atoms in total. The minimum absolute atomic E-state index is 0.271. The van der Waals surface area contributed by atoms with Gasteiger partial charge in [-0.2, -0.15) is 5.10 Å². The predicted octanol–water partition coefficient (Wildman–Crippen LogP) is 3.14.